The predicted molar refractivity (Wildman–Crippen MR) is 116 cm³/mol. The molecule has 5 heteroatoms. The molecule has 4 nitrogen and oxygen atoms in total. The van der Waals surface area contributed by atoms with Crippen molar-refractivity contribution >= 4 is 11.8 Å². The van der Waals surface area contributed by atoms with Gasteiger partial charge in [0.05, 0.1) is 31.5 Å². The molecule has 2 aromatic carbocycles. The largest absolute Gasteiger partial charge is 0.494 e. The zero-order valence-electron chi connectivity index (χ0n) is 17.1. The topological polar surface area (TPSA) is 58.9 Å². The van der Waals surface area contributed by atoms with Gasteiger partial charge in [-0.25, -0.2) is 0 Å². The first-order valence-corrected chi connectivity index (χ1v) is 11.7. The van der Waals surface area contributed by atoms with Crippen LogP contribution in [-0.2, 0) is 10.2 Å². The van der Waals surface area contributed by atoms with Crippen molar-refractivity contribution in [2.24, 2.45) is 0 Å². The lowest BCUT2D eigenvalue weighted by molar-refractivity contribution is -0.113. The molecule has 1 aliphatic heterocycles. The van der Waals surface area contributed by atoms with Crippen molar-refractivity contribution < 1.29 is 19.7 Å². The van der Waals surface area contributed by atoms with E-state index < -0.39 is 6.10 Å². The van der Waals surface area contributed by atoms with E-state index in [1.807, 2.05) is 6.92 Å². The van der Waals surface area contributed by atoms with Crippen LogP contribution >= 0.6 is 11.8 Å². The van der Waals surface area contributed by atoms with Gasteiger partial charge < -0.3 is 19.7 Å². The Morgan fingerprint density at radius 3 is 2.52 bits per heavy atom. The van der Waals surface area contributed by atoms with Gasteiger partial charge in [-0.3, -0.25) is 0 Å². The molecule has 3 unspecified atom stereocenters. The van der Waals surface area contributed by atoms with Gasteiger partial charge in [0.2, 0.25) is 0 Å². The standard InChI is InChI=1S/C24H30O4S/c1-3-27-19-7-5-17(6-8-19)24(10-11-24)21-12-16(4-9-23(21)29-2)22-14-18(26)13-20(15-25)28-22/h4-9,12,18,20,22,25-26H,3,10-11,13-15H2,1-2H3. The van der Waals surface area contributed by atoms with Gasteiger partial charge in [-0.15, -0.1) is 11.8 Å². The number of rotatable bonds is 7. The summed E-state index contributed by atoms with van der Waals surface area (Å²) in [5.41, 5.74) is 3.80. The SMILES string of the molecule is CCOc1ccc(C2(c3cc(C4CC(O)CC(CO)O4)ccc3SC)CC2)cc1. The maximum Gasteiger partial charge on any atom is 0.119 e. The van der Waals surface area contributed by atoms with Crippen LogP contribution in [0.5, 0.6) is 5.75 Å². The van der Waals surface area contributed by atoms with Crippen molar-refractivity contribution in [2.75, 3.05) is 19.5 Å². The number of benzene rings is 2. The molecular weight excluding hydrogens is 384 g/mol. The summed E-state index contributed by atoms with van der Waals surface area (Å²) < 4.78 is 11.7. The highest BCUT2D eigenvalue weighted by Crippen LogP contribution is 2.56. The highest BCUT2D eigenvalue weighted by Gasteiger charge is 2.47. The van der Waals surface area contributed by atoms with Gasteiger partial charge in [-0.1, -0.05) is 24.3 Å². The molecule has 1 saturated heterocycles. The van der Waals surface area contributed by atoms with Crippen LogP contribution in [-0.4, -0.2) is 41.9 Å². The molecular formula is C24H30O4S. The monoisotopic (exact) mass is 414 g/mol. The summed E-state index contributed by atoms with van der Waals surface area (Å²) >= 11 is 1.77. The van der Waals surface area contributed by atoms with Crippen LogP contribution < -0.4 is 4.74 Å². The van der Waals surface area contributed by atoms with Gasteiger partial charge in [0.25, 0.3) is 0 Å². The minimum Gasteiger partial charge on any atom is -0.494 e. The molecule has 0 aromatic heterocycles. The van der Waals surface area contributed by atoms with Gasteiger partial charge in [-0.2, -0.15) is 0 Å². The fourth-order valence-electron chi connectivity index (χ4n) is 4.50. The summed E-state index contributed by atoms with van der Waals surface area (Å²) in [6, 6.07) is 15.1. The highest BCUT2D eigenvalue weighted by atomic mass is 32.2. The number of hydrogen-bond acceptors (Lipinski definition) is 5. The Labute approximate surface area is 177 Å². The van der Waals surface area contributed by atoms with Crippen LogP contribution in [0, 0.1) is 0 Å². The predicted octanol–water partition coefficient (Wildman–Crippen LogP) is 4.46. The van der Waals surface area contributed by atoms with Crippen LogP contribution in [0.2, 0.25) is 0 Å². The second-order valence-corrected chi connectivity index (χ2v) is 8.90. The van der Waals surface area contributed by atoms with Crippen LogP contribution in [0.4, 0.5) is 0 Å². The van der Waals surface area contributed by atoms with E-state index in [9.17, 15) is 10.2 Å². The summed E-state index contributed by atoms with van der Waals surface area (Å²) in [4.78, 5) is 1.29. The molecule has 1 aliphatic carbocycles. The van der Waals surface area contributed by atoms with Crippen LogP contribution in [0.1, 0.15) is 55.4 Å². The third kappa shape index (κ3) is 4.19. The van der Waals surface area contributed by atoms with E-state index in [-0.39, 0.29) is 24.2 Å². The van der Waals surface area contributed by atoms with Crippen molar-refractivity contribution in [3.8, 4) is 5.75 Å². The Balaban J connectivity index is 1.67. The highest BCUT2D eigenvalue weighted by molar-refractivity contribution is 7.98. The van der Waals surface area contributed by atoms with Crippen molar-refractivity contribution in [1.29, 1.82) is 0 Å². The zero-order chi connectivity index (χ0) is 20.4. The molecule has 0 amide bonds. The molecule has 1 heterocycles. The molecule has 2 fully saturated rings. The quantitative estimate of drug-likeness (QED) is 0.655. The molecule has 29 heavy (non-hydrogen) atoms. The second kappa shape index (κ2) is 8.68. The number of aliphatic hydroxyl groups is 2. The normalized spacial score (nSPS) is 25.6. The van der Waals surface area contributed by atoms with Crippen molar-refractivity contribution in [3.63, 3.8) is 0 Å². The van der Waals surface area contributed by atoms with Crippen molar-refractivity contribution in [3.05, 3.63) is 59.2 Å². The Morgan fingerprint density at radius 2 is 1.90 bits per heavy atom. The van der Waals surface area contributed by atoms with E-state index in [0.29, 0.717) is 19.4 Å². The minimum absolute atomic E-state index is 0.0444. The summed E-state index contributed by atoms with van der Waals surface area (Å²) in [7, 11) is 0. The van der Waals surface area contributed by atoms with E-state index in [1.165, 1.54) is 16.0 Å². The summed E-state index contributed by atoms with van der Waals surface area (Å²) in [6.07, 6.45) is 4.54. The van der Waals surface area contributed by atoms with Crippen LogP contribution in [0.15, 0.2) is 47.4 Å². The fourth-order valence-corrected chi connectivity index (χ4v) is 5.18. The molecule has 1 saturated carbocycles. The Hall–Kier alpha value is -1.53. The van der Waals surface area contributed by atoms with Crippen molar-refractivity contribution in [1.82, 2.24) is 0 Å². The van der Waals surface area contributed by atoms with Crippen LogP contribution in [0.25, 0.3) is 0 Å². The van der Waals surface area contributed by atoms with Gasteiger partial charge in [0, 0.05) is 23.2 Å². The van der Waals surface area contributed by atoms with Crippen molar-refractivity contribution in [2.45, 2.75) is 61.2 Å². The van der Waals surface area contributed by atoms with E-state index in [4.69, 9.17) is 9.47 Å². The molecule has 0 bridgehead atoms. The smallest absolute Gasteiger partial charge is 0.119 e. The fraction of sp³-hybridized carbons (Fsp3) is 0.500. The maximum absolute atomic E-state index is 10.2. The molecule has 4 rings (SSSR count). The number of hydrogen-bond donors (Lipinski definition) is 2. The van der Waals surface area contributed by atoms with Gasteiger partial charge in [0.15, 0.2) is 0 Å². The number of thioether (sulfide) groups is 1. The molecule has 156 valence electrons. The van der Waals surface area contributed by atoms with E-state index in [0.717, 1.165) is 24.2 Å². The van der Waals surface area contributed by atoms with E-state index >= 15 is 0 Å². The summed E-state index contributed by atoms with van der Waals surface area (Å²) in [5.74, 6) is 0.908. The molecule has 2 aliphatic rings. The minimum atomic E-state index is -0.435. The van der Waals surface area contributed by atoms with E-state index in [1.54, 1.807) is 11.8 Å². The first-order chi connectivity index (χ1) is 14.1. The molecule has 0 radical (unpaired) electrons. The number of ether oxygens (including phenoxy) is 2. The summed E-state index contributed by atoms with van der Waals surface area (Å²) in [6.45, 7) is 2.61. The van der Waals surface area contributed by atoms with Gasteiger partial charge >= 0.3 is 0 Å². The lowest BCUT2D eigenvalue weighted by Gasteiger charge is -2.33. The third-order valence-corrected chi connectivity index (χ3v) is 6.96. The zero-order valence-corrected chi connectivity index (χ0v) is 18.0. The molecule has 3 atom stereocenters. The first kappa shape index (κ1) is 20.7. The first-order valence-electron chi connectivity index (χ1n) is 10.5. The summed E-state index contributed by atoms with van der Waals surface area (Å²) in [5, 5.41) is 19.7. The molecule has 2 aromatic rings. The lowest BCUT2D eigenvalue weighted by atomic mass is 9.85. The molecule has 0 spiro atoms. The third-order valence-electron chi connectivity index (χ3n) is 6.16. The van der Waals surface area contributed by atoms with Gasteiger partial charge in [0.1, 0.15) is 5.75 Å². The van der Waals surface area contributed by atoms with E-state index in [2.05, 4.69) is 48.7 Å². The lowest BCUT2D eigenvalue weighted by Crippen LogP contribution is -2.33. The average molecular weight is 415 g/mol. The molecule has 2 N–H and O–H groups in total. The maximum atomic E-state index is 10.2. The van der Waals surface area contributed by atoms with Crippen LogP contribution in [0.3, 0.4) is 0 Å². The second-order valence-electron chi connectivity index (χ2n) is 8.05. The Bertz CT molecular complexity index is 831. The Kier molecular flexibility index (Phi) is 6.21. The average Bonchev–Trinajstić information content (AvgIpc) is 3.55. The number of aliphatic hydroxyl groups excluding tert-OH is 2. The Morgan fingerprint density at radius 1 is 1.14 bits per heavy atom. The van der Waals surface area contributed by atoms with Gasteiger partial charge in [-0.05, 0) is 60.9 Å².